The molecule has 2 rings (SSSR count). The standard InChI is InChI=1S/C17H23NS/c1-12-7-5-6-8-16(12)9-10-18-14(3)17-11-13(2)19-15(17)4/h5-8,11,14,18H,9-10H2,1-4H3. The minimum absolute atomic E-state index is 0.439. The van der Waals surface area contributed by atoms with Crippen LogP contribution in [0, 0.1) is 20.8 Å². The minimum atomic E-state index is 0.439. The third-order valence-corrected chi connectivity index (χ3v) is 4.63. The summed E-state index contributed by atoms with van der Waals surface area (Å²) in [6, 6.07) is 11.4. The lowest BCUT2D eigenvalue weighted by molar-refractivity contribution is 0.575. The second-order valence-corrected chi connectivity index (χ2v) is 6.68. The van der Waals surface area contributed by atoms with Gasteiger partial charge in [-0.3, -0.25) is 0 Å². The van der Waals surface area contributed by atoms with Gasteiger partial charge >= 0.3 is 0 Å². The van der Waals surface area contributed by atoms with E-state index in [9.17, 15) is 0 Å². The highest BCUT2D eigenvalue weighted by Crippen LogP contribution is 2.26. The lowest BCUT2D eigenvalue weighted by atomic mass is 10.1. The maximum atomic E-state index is 3.64. The highest BCUT2D eigenvalue weighted by molar-refractivity contribution is 7.12. The maximum Gasteiger partial charge on any atom is 0.0302 e. The summed E-state index contributed by atoms with van der Waals surface area (Å²) in [4.78, 5) is 2.84. The Bertz CT molecular complexity index is 542. The summed E-state index contributed by atoms with van der Waals surface area (Å²) in [5.74, 6) is 0. The lowest BCUT2D eigenvalue weighted by Crippen LogP contribution is -2.21. The van der Waals surface area contributed by atoms with Crippen LogP contribution in [-0.2, 0) is 6.42 Å². The quantitative estimate of drug-likeness (QED) is 0.841. The number of benzene rings is 1. The molecule has 1 nitrogen and oxygen atoms in total. The van der Waals surface area contributed by atoms with Gasteiger partial charge < -0.3 is 5.32 Å². The zero-order valence-corrected chi connectivity index (χ0v) is 13.1. The molecule has 1 atom stereocenters. The van der Waals surface area contributed by atoms with Crippen molar-refractivity contribution in [1.29, 1.82) is 0 Å². The van der Waals surface area contributed by atoms with Gasteiger partial charge in [0.25, 0.3) is 0 Å². The van der Waals surface area contributed by atoms with E-state index in [2.05, 4.69) is 63.3 Å². The number of nitrogens with one attached hydrogen (secondary N) is 1. The fourth-order valence-electron chi connectivity index (χ4n) is 2.50. The first-order valence-electron chi connectivity index (χ1n) is 6.92. The van der Waals surface area contributed by atoms with Gasteiger partial charge in [-0.1, -0.05) is 24.3 Å². The maximum absolute atomic E-state index is 3.64. The summed E-state index contributed by atoms with van der Waals surface area (Å²) >= 11 is 1.89. The van der Waals surface area contributed by atoms with E-state index in [1.165, 1.54) is 26.4 Å². The molecular formula is C17H23NS. The Kier molecular flexibility index (Phi) is 4.78. The molecule has 0 aliphatic carbocycles. The molecule has 19 heavy (non-hydrogen) atoms. The molecule has 1 aromatic carbocycles. The van der Waals surface area contributed by atoms with E-state index in [0.29, 0.717) is 6.04 Å². The molecule has 0 fully saturated rings. The first-order chi connectivity index (χ1) is 9.08. The van der Waals surface area contributed by atoms with Gasteiger partial charge in [-0.2, -0.15) is 0 Å². The van der Waals surface area contributed by atoms with Crippen molar-refractivity contribution in [2.45, 2.75) is 40.2 Å². The van der Waals surface area contributed by atoms with Crippen molar-refractivity contribution in [3.05, 3.63) is 56.8 Å². The van der Waals surface area contributed by atoms with Crippen molar-refractivity contribution in [2.75, 3.05) is 6.54 Å². The summed E-state index contributed by atoms with van der Waals surface area (Å²) in [7, 11) is 0. The molecule has 2 heteroatoms. The Morgan fingerprint density at radius 3 is 2.53 bits per heavy atom. The Morgan fingerprint density at radius 1 is 1.16 bits per heavy atom. The average Bonchev–Trinajstić information content (AvgIpc) is 2.71. The average molecular weight is 273 g/mol. The Labute approximate surface area is 120 Å². The van der Waals surface area contributed by atoms with Crippen molar-refractivity contribution in [3.63, 3.8) is 0 Å². The fourth-order valence-corrected chi connectivity index (χ4v) is 3.53. The Hall–Kier alpha value is -1.12. The van der Waals surface area contributed by atoms with Crippen LogP contribution in [-0.4, -0.2) is 6.54 Å². The highest BCUT2D eigenvalue weighted by atomic mass is 32.1. The van der Waals surface area contributed by atoms with Gasteiger partial charge in [0.2, 0.25) is 0 Å². The van der Waals surface area contributed by atoms with Crippen LogP contribution >= 0.6 is 11.3 Å². The van der Waals surface area contributed by atoms with Crippen LogP contribution in [0.4, 0.5) is 0 Å². The zero-order chi connectivity index (χ0) is 13.8. The van der Waals surface area contributed by atoms with Gasteiger partial charge in [0.1, 0.15) is 0 Å². The molecule has 2 aromatic rings. The van der Waals surface area contributed by atoms with Gasteiger partial charge in [-0.15, -0.1) is 11.3 Å². The number of hydrogen-bond donors (Lipinski definition) is 1. The molecule has 0 aliphatic rings. The van der Waals surface area contributed by atoms with Gasteiger partial charge in [0.15, 0.2) is 0 Å². The van der Waals surface area contributed by atoms with Crippen molar-refractivity contribution in [3.8, 4) is 0 Å². The molecule has 1 aromatic heterocycles. The minimum Gasteiger partial charge on any atom is -0.310 e. The van der Waals surface area contributed by atoms with E-state index in [1.54, 1.807) is 0 Å². The van der Waals surface area contributed by atoms with Crippen LogP contribution in [0.5, 0.6) is 0 Å². The van der Waals surface area contributed by atoms with Crippen molar-refractivity contribution in [1.82, 2.24) is 5.32 Å². The summed E-state index contributed by atoms with van der Waals surface area (Å²) in [5, 5.41) is 3.64. The number of thiophene rings is 1. The van der Waals surface area contributed by atoms with E-state index in [-0.39, 0.29) is 0 Å². The SMILES string of the molecule is Cc1cc(C(C)NCCc2ccccc2C)c(C)s1. The predicted molar refractivity (Wildman–Crippen MR) is 85.1 cm³/mol. The van der Waals surface area contributed by atoms with E-state index in [0.717, 1.165) is 13.0 Å². The molecule has 1 unspecified atom stereocenters. The van der Waals surface area contributed by atoms with Gasteiger partial charge in [0, 0.05) is 15.8 Å². The van der Waals surface area contributed by atoms with E-state index in [4.69, 9.17) is 0 Å². The first-order valence-corrected chi connectivity index (χ1v) is 7.74. The highest BCUT2D eigenvalue weighted by Gasteiger charge is 2.10. The smallest absolute Gasteiger partial charge is 0.0302 e. The van der Waals surface area contributed by atoms with Crippen LogP contribution in [0.25, 0.3) is 0 Å². The summed E-state index contributed by atoms with van der Waals surface area (Å²) < 4.78 is 0. The molecule has 0 saturated heterocycles. The third kappa shape index (κ3) is 3.68. The Morgan fingerprint density at radius 2 is 1.89 bits per heavy atom. The van der Waals surface area contributed by atoms with Crippen LogP contribution < -0.4 is 5.32 Å². The number of rotatable bonds is 5. The molecule has 0 radical (unpaired) electrons. The molecule has 1 heterocycles. The number of aryl methyl sites for hydroxylation is 3. The van der Waals surface area contributed by atoms with Crippen LogP contribution in [0.3, 0.4) is 0 Å². The summed E-state index contributed by atoms with van der Waals surface area (Å²) in [6.07, 6.45) is 1.10. The predicted octanol–water partition coefficient (Wildman–Crippen LogP) is 4.57. The van der Waals surface area contributed by atoms with Crippen LogP contribution in [0.1, 0.15) is 39.4 Å². The largest absolute Gasteiger partial charge is 0.310 e. The van der Waals surface area contributed by atoms with Crippen molar-refractivity contribution >= 4 is 11.3 Å². The lowest BCUT2D eigenvalue weighted by Gasteiger charge is -2.14. The van der Waals surface area contributed by atoms with Crippen LogP contribution in [0.2, 0.25) is 0 Å². The van der Waals surface area contributed by atoms with Crippen LogP contribution in [0.15, 0.2) is 30.3 Å². The third-order valence-electron chi connectivity index (χ3n) is 3.65. The van der Waals surface area contributed by atoms with E-state index >= 15 is 0 Å². The second kappa shape index (κ2) is 6.36. The van der Waals surface area contributed by atoms with E-state index in [1.807, 2.05) is 11.3 Å². The molecule has 102 valence electrons. The molecule has 0 bridgehead atoms. The zero-order valence-electron chi connectivity index (χ0n) is 12.3. The fraction of sp³-hybridized carbons (Fsp3) is 0.412. The van der Waals surface area contributed by atoms with Gasteiger partial charge in [-0.25, -0.2) is 0 Å². The molecule has 0 spiro atoms. The van der Waals surface area contributed by atoms with Gasteiger partial charge in [-0.05, 0) is 63.4 Å². The topological polar surface area (TPSA) is 12.0 Å². The first kappa shape index (κ1) is 14.3. The number of hydrogen-bond acceptors (Lipinski definition) is 2. The van der Waals surface area contributed by atoms with E-state index < -0.39 is 0 Å². The normalized spacial score (nSPS) is 12.6. The molecule has 0 amide bonds. The molecule has 0 aliphatic heterocycles. The molecular weight excluding hydrogens is 250 g/mol. The second-order valence-electron chi connectivity index (χ2n) is 5.22. The monoisotopic (exact) mass is 273 g/mol. The molecule has 0 saturated carbocycles. The summed E-state index contributed by atoms with van der Waals surface area (Å²) in [5.41, 5.74) is 4.28. The summed E-state index contributed by atoms with van der Waals surface area (Å²) in [6.45, 7) is 9.87. The molecule has 1 N–H and O–H groups in total. The Balaban J connectivity index is 1.89. The van der Waals surface area contributed by atoms with Gasteiger partial charge in [0.05, 0.1) is 0 Å². The van der Waals surface area contributed by atoms with Crippen molar-refractivity contribution in [2.24, 2.45) is 0 Å². The van der Waals surface area contributed by atoms with Crippen molar-refractivity contribution < 1.29 is 0 Å².